The highest BCUT2D eigenvalue weighted by Crippen LogP contribution is 2.27. The molecule has 0 aliphatic heterocycles. The van der Waals surface area contributed by atoms with Crippen molar-refractivity contribution >= 4 is 21.4 Å². The summed E-state index contributed by atoms with van der Waals surface area (Å²) in [6.45, 7) is 0. The van der Waals surface area contributed by atoms with Crippen LogP contribution in [0.4, 0.5) is 0 Å². The van der Waals surface area contributed by atoms with Crippen LogP contribution in [0.1, 0.15) is 32.1 Å². The topological polar surface area (TPSA) is 52.6 Å². The van der Waals surface area contributed by atoms with Gasteiger partial charge in [-0.25, -0.2) is 8.42 Å². The van der Waals surface area contributed by atoms with Crippen molar-refractivity contribution in [2.24, 2.45) is 0 Å². The van der Waals surface area contributed by atoms with Crippen LogP contribution in [0.25, 0.3) is 0 Å². The number of ether oxygens (including phenoxy) is 2. The summed E-state index contributed by atoms with van der Waals surface area (Å²) in [6, 6.07) is 0. The van der Waals surface area contributed by atoms with Gasteiger partial charge in [-0.3, -0.25) is 0 Å². The maximum atomic E-state index is 11.7. The van der Waals surface area contributed by atoms with Crippen LogP contribution >= 0.6 is 11.6 Å². The fraction of sp³-hybridized carbons (Fsp3) is 0.471. The van der Waals surface area contributed by atoms with Crippen molar-refractivity contribution in [3.05, 3.63) is 51.5 Å². The van der Waals surface area contributed by atoms with Gasteiger partial charge in [0.25, 0.3) is 0 Å². The van der Waals surface area contributed by atoms with Crippen molar-refractivity contribution in [3.63, 3.8) is 0 Å². The van der Waals surface area contributed by atoms with Crippen molar-refractivity contribution in [1.82, 2.24) is 0 Å². The highest BCUT2D eigenvalue weighted by molar-refractivity contribution is 7.94. The molecule has 2 aliphatic rings. The number of rotatable bonds is 4. The minimum Gasteiger partial charge on any atom is -0.493 e. The van der Waals surface area contributed by atoms with E-state index in [9.17, 15) is 8.42 Å². The lowest BCUT2D eigenvalue weighted by Crippen LogP contribution is -2.14. The second-order valence-electron chi connectivity index (χ2n) is 5.54. The molecule has 0 saturated heterocycles. The summed E-state index contributed by atoms with van der Waals surface area (Å²) in [5, 5.41) is 0.515. The maximum Gasteiger partial charge on any atom is 0.171 e. The molecule has 0 aromatic heterocycles. The van der Waals surface area contributed by atoms with Crippen LogP contribution in [0.15, 0.2) is 51.5 Å². The summed E-state index contributed by atoms with van der Waals surface area (Å²) in [5.74, 6) is 1.28. The molecule has 1 atom stereocenters. The Morgan fingerprint density at radius 2 is 2.13 bits per heavy atom. The summed E-state index contributed by atoms with van der Waals surface area (Å²) in [5.41, 5.74) is 2.98. The molecule has 0 aromatic rings. The van der Waals surface area contributed by atoms with Crippen molar-refractivity contribution < 1.29 is 17.9 Å². The van der Waals surface area contributed by atoms with Gasteiger partial charge in [0.05, 0.1) is 18.2 Å². The fourth-order valence-electron chi connectivity index (χ4n) is 2.55. The van der Waals surface area contributed by atoms with Crippen molar-refractivity contribution in [3.8, 4) is 0 Å². The molecule has 1 unspecified atom stereocenters. The molecule has 4 nitrogen and oxygen atoms in total. The van der Waals surface area contributed by atoms with E-state index in [0.717, 1.165) is 6.42 Å². The number of hydrogen-bond donors (Lipinski definition) is 0. The van der Waals surface area contributed by atoms with E-state index in [4.69, 9.17) is 21.1 Å². The van der Waals surface area contributed by atoms with Crippen molar-refractivity contribution in [2.45, 2.75) is 38.2 Å². The molecule has 0 aromatic carbocycles. The third-order valence-corrected chi connectivity index (χ3v) is 5.29. The number of halogens is 1. The summed E-state index contributed by atoms with van der Waals surface area (Å²) < 4.78 is 34.8. The largest absolute Gasteiger partial charge is 0.493 e. The quantitative estimate of drug-likeness (QED) is 0.715. The normalized spacial score (nSPS) is 28.0. The Kier molecular flexibility index (Phi) is 6.17. The zero-order valence-corrected chi connectivity index (χ0v) is 14.9. The highest BCUT2D eigenvalue weighted by Gasteiger charge is 2.21. The number of allylic oxidation sites excluding steroid dienone is 5. The van der Waals surface area contributed by atoms with Gasteiger partial charge in [0, 0.05) is 23.7 Å². The van der Waals surface area contributed by atoms with Gasteiger partial charge in [-0.1, -0.05) is 17.7 Å². The van der Waals surface area contributed by atoms with Gasteiger partial charge in [0.2, 0.25) is 0 Å². The lowest BCUT2D eigenvalue weighted by atomic mass is 10.1. The first kappa shape index (κ1) is 17.9. The minimum absolute atomic E-state index is 0.0466. The first-order valence-electron chi connectivity index (χ1n) is 7.51. The SMILES string of the molecule is COC1=C(\OC2CCC=C(S(C)(=O)=O)CC2)CC=C=C/C(Cl)=C\1. The Hall–Kier alpha value is -1.42. The molecule has 0 saturated carbocycles. The van der Waals surface area contributed by atoms with Gasteiger partial charge in [0.1, 0.15) is 5.76 Å². The molecule has 0 amide bonds. The molecule has 0 bridgehead atoms. The van der Waals surface area contributed by atoms with Gasteiger partial charge in [0.15, 0.2) is 15.6 Å². The first-order chi connectivity index (χ1) is 10.9. The second-order valence-corrected chi connectivity index (χ2v) is 8.04. The van der Waals surface area contributed by atoms with E-state index in [0.29, 0.717) is 47.1 Å². The van der Waals surface area contributed by atoms with Crippen LogP contribution in [-0.2, 0) is 19.3 Å². The molecule has 0 radical (unpaired) electrons. The minimum atomic E-state index is -3.12. The lowest BCUT2D eigenvalue weighted by Gasteiger charge is -2.21. The molecule has 23 heavy (non-hydrogen) atoms. The van der Waals surface area contributed by atoms with Gasteiger partial charge in [-0.15, -0.1) is 5.73 Å². The molecule has 6 heteroatoms. The standard InChI is InChI=1S/C17H21ClO4S/c1-21-17-12-13(18)6-3-4-9-16(17)22-14-7-5-8-15(11-10-14)23(2,19)20/h4,6,8,12,14H,5,7,9-11H2,1-2H3/b13-12+,17-16-. The Balaban J connectivity index is 2.11. The summed E-state index contributed by atoms with van der Waals surface area (Å²) in [4.78, 5) is 0.507. The molecule has 0 spiro atoms. The van der Waals surface area contributed by atoms with Crippen LogP contribution in [0.2, 0.25) is 0 Å². The van der Waals surface area contributed by atoms with Crippen LogP contribution in [-0.4, -0.2) is 27.9 Å². The average molecular weight is 357 g/mol. The van der Waals surface area contributed by atoms with Crippen LogP contribution in [0.5, 0.6) is 0 Å². The van der Waals surface area contributed by atoms with E-state index >= 15 is 0 Å². The molecular weight excluding hydrogens is 336 g/mol. The Bertz CT molecular complexity index is 707. The summed E-state index contributed by atoms with van der Waals surface area (Å²) in [7, 11) is -1.54. The molecule has 0 fully saturated rings. The van der Waals surface area contributed by atoms with E-state index in [-0.39, 0.29) is 6.10 Å². The number of methoxy groups -OCH3 is 1. The maximum absolute atomic E-state index is 11.7. The van der Waals surface area contributed by atoms with E-state index in [1.807, 2.05) is 12.2 Å². The Labute approximate surface area is 142 Å². The molecule has 0 heterocycles. The predicted octanol–water partition coefficient (Wildman–Crippen LogP) is 3.97. The Morgan fingerprint density at radius 1 is 1.35 bits per heavy atom. The van der Waals surface area contributed by atoms with Crippen molar-refractivity contribution in [1.29, 1.82) is 0 Å². The van der Waals surface area contributed by atoms with Gasteiger partial charge < -0.3 is 9.47 Å². The number of hydrogen-bond acceptors (Lipinski definition) is 4. The average Bonchev–Trinajstić information content (AvgIpc) is 2.71. The monoisotopic (exact) mass is 356 g/mol. The van der Waals surface area contributed by atoms with Crippen LogP contribution < -0.4 is 0 Å². The third-order valence-electron chi connectivity index (χ3n) is 3.75. The zero-order chi connectivity index (χ0) is 16.9. The van der Waals surface area contributed by atoms with E-state index < -0.39 is 9.84 Å². The lowest BCUT2D eigenvalue weighted by molar-refractivity contribution is 0.0877. The highest BCUT2D eigenvalue weighted by atomic mass is 35.5. The molecule has 126 valence electrons. The van der Waals surface area contributed by atoms with Crippen LogP contribution in [0, 0.1) is 0 Å². The zero-order valence-electron chi connectivity index (χ0n) is 13.3. The first-order valence-corrected chi connectivity index (χ1v) is 9.78. The Morgan fingerprint density at radius 3 is 2.83 bits per heavy atom. The summed E-state index contributed by atoms with van der Waals surface area (Å²) >= 11 is 6.05. The molecule has 0 N–H and O–H groups in total. The molecule has 2 aliphatic carbocycles. The van der Waals surface area contributed by atoms with E-state index in [1.165, 1.54) is 6.26 Å². The number of sulfone groups is 1. The van der Waals surface area contributed by atoms with Gasteiger partial charge in [-0.05, 0) is 37.8 Å². The van der Waals surface area contributed by atoms with E-state index in [1.54, 1.807) is 19.3 Å². The molecule has 2 rings (SSSR count). The smallest absolute Gasteiger partial charge is 0.171 e. The predicted molar refractivity (Wildman–Crippen MR) is 91.5 cm³/mol. The van der Waals surface area contributed by atoms with Gasteiger partial charge >= 0.3 is 0 Å². The second kappa shape index (κ2) is 7.91. The fourth-order valence-corrected chi connectivity index (χ4v) is 3.62. The van der Waals surface area contributed by atoms with E-state index in [2.05, 4.69) is 5.73 Å². The van der Waals surface area contributed by atoms with Crippen molar-refractivity contribution in [2.75, 3.05) is 13.4 Å². The summed E-state index contributed by atoms with van der Waals surface area (Å²) in [6.07, 6.45) is 11.4. The molecular formula is C17H21ClO4S. The van der Waals surface area contributed by atoms with Crippen LogP contribution in [0.3, 0.4) is 0 Å². The third kappa shape index (κ3) is 5.31. The van der Waals surface area contributed by atoms with Gasteiger partial charge in [-0.2, -0.15) is 0 Å².